The first-order chi connectivity index (χ1) is 9.24. The Morgan fingerprint density at radius 3 is 2.89 bits per heavy atom. The third kappa shape index (κ3) is 3.71. The third-order valence-electron chi connectivity index (χ3n) is 4.27. The summed E-state index contributed by atoms with van der Waals surface area (Å²) < 4.78 is 5.29. The fourth-order valence-corrected chi connectivity index (χ4v) is 3.04. The molecule has 0 saturated heterocycles. The Morgan fingerprint density at radius 1 is 1.37 bits per heavy atom. The van der Waals surface area contributed by atoms with E-state index in [1.165, 1.54) is 31.2 Å². The Bertz CT molecular complexity index is 394. The number of rotatable bonds is 5. The first-order valence-corrected chi connectivity index (χ1v) is 7.34. The molecule has 1 aliphatic rings. The maximum atomic E-state index is 5.89. The largest absolute Gasteiger partial charge is 0.497 e. The van der Waals surface area contributed by atoms with E-state index in [2.05, 4.69) is 24.4 Å². The van der Waals surface area contributed by atoms with Crippen molar-refractivity contribution in [2.75, 3.05) is 13.7 Å². The third-order valence-corrected chi connectivity index (χ3v) is 4.27. The van der Waals surface area contributed by atoms with Crippen molar-refractivity contribution in [3.05, 3.63) is 29.8 Å². The summed E-state index contributed by atoms with van der Waals surface area (Å²) in [5.41, 5.74) is 7.17. The molecule has 2 rings (SSSR count). The van der Waals surface area contributed by atoms with E-state index in [1.807, 2.05) is 12.1 Å². The fourth-order valence-electron chi connectivity index (χ4n) is 3.04. The number of benzene rings is 1. The highest BCUT2D eigenvalue weighted by Gasteiger charge is 2.25. The minimum Gasteiger partial charge on any atom is -0.497 e. The lowest BCUT2D eigenvalue weighted by molar-refractivity contribution is 0.252. The van der Waals surface area contributed by atoms with Crippen LogP contribution in [0.25, 0.3) is 0 Å². The van der Waals surface area contributed by atoms with Crippen molar-refractivity contribution in [2.45, 2.75) is 44.7 Å². The van der Waals surface area contributed by atoms with Crippen LogP contribution in [0.2, 0.25) is 0 Å². The lowest BCUT2D eigenvalue weighted by Crippen LogP contribution is -2.42. The topological polar surface area (TPSA) is 47.3 Å². The van der Waals surface area contributed by atoms with Crippen LogP contribution in [-0.4, -0.2) is 19.7 Å². The first kappa shape index (κ1) is 14.4. The van der Waals surface area contributed by atoms with Crippen molar-refractivity contribution in [3.8, 4) is 5.75 Å². The normalized spacial score (nSPS) is 25.0. The molecular weight excluding hydrogens is 236 g/mol. The van der Waals surface area contributed by atoms with Crippen molar-refractivity contribution in [1.82, 2.24) is 5.32 Å². The second kappa shape index (κ2) is 6.92. The number of hydrogen-bond acceptors (Lipinski definition) is 3. The van der Waals surface area contributed by atoms with Gasteiger partial charge in [0.15, 0.2) is 0 Å². The fraction of sp³-hybridized carbons (Fsp3) is 0.625. The molecule has 3 atom stereocenters. The van der Waals surface area contributed by atoms with E-state index in [1.54, 1.807) is 7.11 Å². The molecule has 19 heavy (non-hydrogen) atoms. The molecule has 1 fully saturated rings. The Hall–Kier alpha value is -1.06. The van der Waals surface area contributed by atoms with Gasteiger partial charge in [-0.15, -0.1) is 0 Å². The SMILES string of the molecule is COc1cccc(C(C)NC2CCCCC2CN)c1. The average Bonchev–Trinajstić information content (AvgIpc) is 2.47. The zero-order chi connectivity index (χ0) is 13.7. The van der Waals surface area contributed by atoms with Gasteiger partial charge in [-0.1, -0.05) is 25.0 Å². The molecule has 0 radical (unpaired) electrons. The molecular formula is C16H26N2O. The first-order valence-electron chi connectivity index (χ1n) is 7.34. The molecule has 3 heteroatoms. The lowest BCUT2D eigenvalue weighted by Gasteiger charge is -2.34. The van der Waals surface area contributed by atoms with E-state index in [0.717, 1.165) is 12.3 Å². The minimum atomic E-state index is 0.340. The molecule has 0 spiro atoms. The highest BCUT2D eigenvalue weighted by Crippen LogP contribution is 2.27. The predicted molar refractivity (Wildman–Crippen MR) is 79.3 cm³/mol. The Kier molecular flexibility index (Phi) is 5.23. The van der Waals surface area contributed by atoms with Gasteiger partial charge in [-0.25, -0.2) is 0 Å². The van der Waals surface area contributed by atoms with Crippen LogP contribution < -0.4 is 15.8 Å². The maximum Gasteiger partial charge on any atom is 0.119 e. The summed E-state index contributed by atoms with van der Waals surface area (Å²) in [4.78, 5) is 0. The molecule has 0 aromatic heterocycles. The number of ether oxygens (including phenoxy) is 1. The van der Waals surface area contributed by atoms with Crippen LogP contribution in [0.1, 0.15) is 44.2 Å². The summed E-state index contributed by atoms with van der Waals surface area (Å²) in [6, 6.07) is 9.19. The quantitative estimate of drug-likeness (QED) is 0.858. The molecule has 1 aliphatic carbocycles. The smallest absolute Gasteiger partial charge is 0.119 e. The van der Waals surface area contributed by atoms with Crippen LogP contribution in [0, 0.1) is 5.92 Å². The van der Waals surface area contributed by atoms with Gasteiger partial charge < -0.3 is 15.8 Å². The number of nitrogens with one attached hydrogen (secondary N) is 1. The monoisotopic (exact) mass is 262 g/mol. The average molecular weight is 262 g/mol. The number of hydrogen-bond donors (Lipinski definition) is 2. The molecule has 1 aromatic rings. The highest BCUT2D eigenvalue weighted by molar-refractivity contribution is 5.30. The summed E-state index contributed by atoms with van der Waals surface area (Å²) in [6.07, 6.45) is 5.15. The molecule has 0 heterocycles. The van der Waals surface area contributed by atoms with Crippen molar-refractivity contribution in [2.24, 2.45) is 11.7 Å². The van der Waals surface area contributed by atoms with Gasteiger partial charge in [-0.05, 0) is 49.9 Å². The van der Waals surface area contributed by atoms with E-state index in [-0.39, 0.29) is 0 Å². The zero-order valence-corrected chi connectivity index (χ0v) is 12.1. The van der Waals surface area contributed by atoms with Gasteiger partial charge in [-0.2, -0.15) is 0 Å². The van der Waals surface area contributed by atoms with Crippen LogP contribution in [0.5, 0.6) is 5.75 Å². The molecule has 1 aromatic carbocycles. The van der Waals surface area contributed by atoms with Crippen LogP contribution in [0.3, 0.4) is 0 Å². The summed E-state index contributed by atoms with van der Waals surface area (Å²) in [6.45, 7) is 3.01. The van der Waals surface area contributed by atoms with E-state index in [0.29, 0.717) is 18.0 Å². The van der Waals surface area contributed by atoms with Crippen molar-refractivity contribution >= 4 is 0 Å². The number of methoxy groups -OCH3 is 1. The van der Waals surface area contributed by atoms with E-state index < -0.39 is 0 Å². The molecule has 3 unspecified atom stereocenters. The molecule has 0 amide bonds. The van der Waals surface area contributed by atoms with Gasteiger partial charge in [-0.3, -0.25) is 0 Å². The van der Waals surface area contributed by atoms with Crippen molar-refractivity contribution < 1.29 is 4.74 Å². The molecule has 3 nitrogen and oxygen atoms in total. The van der Waals surface area contributed by atoms with Crippen molar-refractivity contribution in [1.29, 1.82) is 0 Å². The van der Waals surface area contributed by atoms with Gasteiger partial charge >= 0.3 is 0 Å². The minimum absolute atomic E-state index is 0.340. The Labute approximate surface area is 116 Å². The van der Waals surface area contributed by atoms with Gasteiger partial charge in [0, 0.05) is 12.1 Å². The summed E-state index contributed by atoms with van der Waals surface area (Å²) in [7, 11) is 1.71. The van der Waals surface area contributed by atoms with E-state index in [4.69, 9.17) is 10.5 Å². The summed E-state index contributed by atoms with van der Waals surface area (Å²) in [5.74, 6) is 1.55. The van der Waals surface area contributed by atoms with Crippen molar-refractivity contribution in [3.63, 3.8) is 0 Å². The summed E-state index contributed by atoms with van der Waals surface area (Å²) >= 11 is 0. The van der Waals surface area contributed by atoms with Crippen LogP contribution in [0.4, 0.5) is 0 Å². The molecule has 106 valence electrons. The van der Waals surface area contributed by atoms with Gasteiger partial charge in [0.1, 0.15) is 5.75 Å². The van der Waals surface area contributed by atoms with Crippen LogP contribution in [-0.2, 0) is 0 Å². The van der Waals surface area contributed by atoms with Gasteiger partial charge in [0.25, 0.3) is 0 Å². The van der Waals surface area contributed by atoms with Gasteiger partial charge in [0.05, 0.1) is 7.11 Å². The van der Waals surface area contributed by atoms with Crippen LogP contribution >= 0.6 is 0 Å². The van der Waals surface area contributed by atoms with E-state index in [9.17, 15) is 0 Å². The highest BCUT2D eigenvalue weighted by atomic mass is 16.5. The number of nitrogens with two attached hydrogens (primary N) is 1. The standard InChI is InChI=1S/C16H26N2O/c1-12(13-7-5-8-15(10-13)19-2)18-16-9-4-3-6-14(16)11-17/h5,7-8,10,12,14,16,18H,3-4,6,9,11,17H2,1-2H3. The van der Waals surface area contributed by atoms with E-state index >= 15 is 0 Å². The molecule has 1 saturated carbocycles. The molecule has 3 N–H and O–H groups in total. The zero-order valence-electron chi connectivity index (χ0n) is 12.1. The Morgan fingerprint density at radius 2 is 2.16 bits per heavy atom. The second-order valence-electron chi connectivity index (χ2n) is 5.55. The molecule has 0 bridgehead atoms. The van der Waals surface area contributed by atoms with Gasteiger partial charge in [0.2, 0.25) is 0 Å². The van der Waals surface area contributed by atoms with Crippen LogP contribution in [0.15, 0.2) is 24.3 Å². The predicted octanol–water partition coefficient (Wildman–Crippen LogP) is 2.86. The lowest BCUT2D eigenvalue weighted by atomic mass is 9.84. The maximum absolute atomic E-state index is 5.89. The second-order valence-corrected chi connectivity index (χ2v) is 5.55. The Balaban J connectivity index is 2.00. The molecule has 0 aliphatic heterocycles. The summed E-state index contributed by atoms with van der Waals surface area (Å²) in [5, 5.41) is 3.75.